The second-order valence-electron chi connectivity index (χ2n) is 6.06. The summed E-state index contributed by atoms with van der Waals surface area (Å²) in [6.07, 6.45) is 0. The van der Waals surface area contributed by atoms with Gasteiger partial charge in [0.25, 0.3) is 5.91 Å². The van der Waals surface area contributed by atoms with Gasteiger partial charge in [-0.15, -0.1) is 0 Å². The Morgan fingerprint density at radius 1 is 0.931 bits per heavy atom. The third-order valence-corrected chi connectivity index (χ3v) is 4.95. The first-order chi connectivity index (χ1) is 13.9. The monoisotopic (exact) mass is 452 g/mol. The van der Waals surface area contributed by atoms with Crippen molar-refractivity contribution in [2.75, 3.05) is 17.2 Å². The van der Waals surface area contributed by atoms with E-state index in [2.05, 4.69) is 10.6 Å². The summed E-state index contributed by atoms with van der Waals surface area (Å²) < 4.78 is 19.0. The van der Waals surface area contributed by atoms with Crippen molar-refractivity contribution in [1.29, 1.82) is 0 Å². The number of ether oxygens (including phenoxy) is 1. The Balaban J connectivity index is 1.54. The lowest BCUT2D eigenvalue weighted by Crippen LogP contribution is -2.20. The summed E-state index contributed by atoms with van der Waals surface area (Å²) in [4.78, 5) is 12.0. The van der Waals surface area contributed by atoms with Gasteiger partial charge in [-0.3, -0.25) is 4.79 Å². The summed E-state index contributed by atoms with van der Waals surface area (Å²) in [6.45, 7) is 0.209. The second-order valence-corrected chi connectivity index (χ2v) is 7.29. The molecule has 3 aromatic carbocycles. The van der Waals surface area contributed by atoms with Crippen LogP contribution in [0.5, 0.6) is 5.75 Å². The molecule has 1 amide bonds. The van der Waals surface area contributed by atoms with Crippen LogP contribution >= 0.6 is 34.8 Å². The summed E-state index contributed by atoms with van der Waals surface area (Å²) in [5.41, 5.74) is 1.82. The summed E-state index contributed by atoms with van der Waals surface area (Å²) in [5.74, 6) is -0.650. The average Bonchev–Trinajstić information content (AvgIpc) is 2.70. The zero-order chi connectivity index (χ0) is 20.8. The van der Waals surface area contributed by atoms with E-state index < -0.39 is 11.7 Å². The Bertz CT molecular complexity index is 1030. The van der Waals surface area contributed by atoms with E-state index in [1.54, 1.807) is 36.4 Å². The number of amides is 1. The van der Waals surface area contributed by atoms with E-state index in [4.69, 9.17) is 39.5 Å². The van der Waals surface area contributed by atoms with Crippen molar-refractivity contribution in [3.05, 3.63) is 87.1 Å². The quantitative estimate of drug-likeness (QED) is 0.434. The fourth-order valence-corrected chi connectivity index (χ4v) is 3.03. The molecule has 0 fully saturated rings. The lowest BCUT2D eigenvalue weighted by Gasteiger charge is -2.11. The first kappa shape index (κ1) is 21.2. The number of nitrogens with one attached hydrogen (secondary N) is 2. The van der Waals surface area contributed by atoms with Crippen molar-refractivity contribution in [2.24, 2.45) is 0 Å². The van der Waals surface area contributed by atoms with Gasteiger partial charge in [0.15, 0.2) is 6.61 Å². The van der Waals surface area contributed by atoms with E-state index in [1.807, 2.05) is 12.1 Å². The molecule has 0 aliphatic rings. The molecule has 0 saturated heterocycles. The predicted molar refractivity (Wildman–Crippen MR) is 116 cm³/mol. The molecule has 3 rings (SSSR count). The molecule has 0 radical (unpaired) electrons. The maximum atomic E-state index is 13.6. The van der Waals surface area contributed by atoms with E-state index in [9.17, 15) is 9.18 Å². The summed E-state index contributed by atoms with van der Waals surface area (Å²) in [5, 5.41) is 6.97. The zero-order valence-electron chi connectivity index (χ0n) is 15.0. The highest BCUT2D eigenvalue weighted by molar-refractivity contribution is 6.42. The van der Waals surface area contributed by atoms with Crippen molar-refractivity contribution in [2.45, 2.75) is 6.54 Å². The molecule has 2 N–H and O–H groups in total. The van der Waals surface area contributed by atoms with Crippen LogP contribution in [0, 0.1) is 5.82 Å². The molecule has 3 aromatic rings. The Morgan fingerprint density at radius 3 is 2.45 bits per heavy atom. The molecule has 0 aliphatic heterocycles. The van der Waals surface area contributed by atoms with Crippen molar-refractivity contribution in [1.82, 2.24) is 0 Å². The Kier molecular flexibility index (Phi) is 7.20. The van der Waals surface area contributed by atoms with Crippen molar-refractivity contribution in [3.8, 4) is 5.75 Å². The molecule has 8 heteroatoms. The third kappa shape index (κ3) is 6.00. The largest absolute Gasteiger partial charge is 0.482 e. The van der Waals surface area contributed by atoms with E-state index in [0.717, 1.165) is 11.3 Å². The van der Waals surface area contributed by atoms with Gasteiger partial charge >= 0.3 is 0 Å². The number of benzene rings is 3. The standard InChI is InChI=1S/C21H16Cl3FN2O2/c22-15-7-6-14(10-16(15)23)26-11-13-5-8-20(17(24)9-13)29-12-21(28)27-19-4-2-1-3-18(19)25/h1-10,26H,11-12H2,(H,27,28). The number of hydrogen-bond acceptors (Lipinski definition) is 3. The van der Waals surface area contributed by atoms with Gasteiger partial charge in [-0.25, -0.2) is 4.39 Å². The molecule has 4 nitrogen and oxygen atoms in total. The van der Waals surface area contributed by atoms with Crippen LogP contribution < -0.4 is 15.4 Å². The number of rotatable bonds is 7. The first-order valence-electron chi connectivity index (χ1n) is 8.57. The fourth-order valence-electron chi connectivity index (χ4n) is 2.47. The maximum Gasteiger partial charge on any atom is 0.262 e. The molecule has 0 unspecified atom stereocenters. The minimum atomic E-state index is -0.516. The number of carbonyl (C=O) groups excluding carboxylic acids is 1. The molecule has 0 aliphatic carbocycles. The van der Waals surface area contributed by atoms with Gasteiger partial charge in [0.2, 0.25) is 0 Å². The van der Waals surface area contributed by atoms with Gasteiger partial charge in [-0.1, -0.05) is 53.0 Å². The minimum Gasteiger partial charge on any atom is -0.482 e. The number of hydrogen-bond donors (Lipinski definition) is 2. The number of carbonyl (C=O) groups is 1. The molecule has 0 saturated carbocycles. The summed E-state index contributed by atoms with van der Waals surface area (Å²) >= 11 is 18.1. The summed E-state index contributed by atoms with van der Waals surface area (Å²) in [6, 6.07) is 16.4. The molecule has 150 valence electrons. The molecule has 0 aromatic heterocycles. The second kappa shape index (κ2) is 9.83. The molecular weight excluding hydrogens is 438 g/mol. The van der Waals surface area contributed by atoms with Gasteiger partial charge in [0.05, 0.1) is 20.8 Å². The van der Waals surface area contributed by atoms with Crippen LogP contribution in [0.3, 0.4) is 0 Å². The van der Waals surface area contributed by atoms with E-state index >= 15 is 0 Å². The highest BCUT2D eigenvalue weighted by atomic mass is 35.5. The van der Waals surface area contributed by atoms with Crippen LogP contribution in [-0.4, -0.2) is 12.5 Å². The van der Waals surface area contributed by atoms with E-state index in [1.165, 1.54) is 12.1 Å². The van der Waals surface area contributed by atoms with Gasteiger partial charge in [0.1, 0.15) is 11.6 Å². The Labute approximate surface area is 182 Å². The lowest BCUT2D eigenvalue weighted by atomic mass is 10.2. The zero-order valence-corrected chi connectivity index (χ0v) is 17.3. The third-order valence-electron chi connectivity index (χ3n) is 3.92. The number of anilines is 2. The van der Waals surface area contributed by atoms with Gasteiger partial charge in [-0.05, 0) is 48.0 Å². The molecule has 0 spiro atoms. The highest BCUT2D eigenvalue weighted by Gasteiger charge is 2.09. The number of para-hydroxylation sites is 1. The van der Waals surface area contributed by atoms with Crippen molar-refractivity contribution < 1.29 is 13.9 Å². The molecule has 0 atom stereocenters. The molecule has 0 heterocycles. The fraction of sp³-hybridized carbons (Fsp3) is 0.0952. The van der Waals surface area contributed by atoms with Gasteiger partial charge in [-0.2, -0.15) is 0 Å². The lowest BCUT2D eigenvalue weighted by molar-refractivity contribution is -0.118. The number of halogens is 4. The van der Waals surface area contributed by atoms with Gasteiger partial charge < -0.3 is 15.4 Å². The van der Waals surface area contributed by atoms with Crippen molar-refractivity contribution >= 4 is 52.1 Å². The Morgan fingerprint density at radius 2 is 1.72 bits per heavy atom. The normalized spacial score (nSPS) is 10.5. The average molecular weight is 454 g/mol. The van der Waals surface area contributed by atoms with E-state index in [0.29, 0.717) is 27.4 Å². The highest BCUT2D eigenvalue weighted by Crippen LogP contribution is 2.27. The van der Waals surface area contributed by atoms with Gasteiger partial charge in [0, 0.05) is 12.2 Å². The van der Waals surface area contributed by atoms with Crippen LogP contribution in [0.4, 0.5) is 15.8 Å². The first-order valence-corrected chi connectivity index (χ1v) is 9.70. The molecule has 0 bridgehead atoms. The Hall–Kier alpha value is -2.47. The van der Waals surface area contributed by atoms with Crippen LogP contribution in [0.2, 0.25) is 15.1 Å². The smallest absolute Gasteiger partial charge is 0.262 e. The van der Waals surface area contributed by atoms with Crippen LogP contribution in [0.25, 0.3) is 0 Å². The van der Waals surface area contributed by atoms with Crippen LogP contribution in [-0.2, 0) is 11.3 Å². The molecule has 29 heavy (non-hydrogen) atoms. The summed E-state index contributed by atoms with van der Waals surface area (Å²) in [7, 11) is 0. The minimum absolute atomic E-state index is 0.0934. The van der Waals surface area contributed by atoms with Crippen LogP contribution in [0.1, 0.15) is 5.56 Å². The SMILES string of the molecule is O=C(COc1ccc(CNc2ccc(Cl)c(Cl)c2)cc1Cl)Nc1ccccc1F. The topological polar surface area (TPSA) is 50.4 Å². The predicted octanol–water partition coefficient (Wildman–Crippen LogP) is 6.42. The molecular formula is C21H16Cl3FN2O2. The van der Waals surface area contributed by atoms with Crippen molar-refractivity contribution in [3.63, 3.8) is 0 Å². The van der Waals surface area contributed by atoms with E-state index in [-0.39, 0.29) is 12.3 Å². The van der Waals surface area contributed by atoms with Crippen LogP contribution in [0.15, 0.2) is 60.7 Å². The maximum absolute atomic E-state index is 13.6.